The number of nitrogens with zero attached hydrogens (tertiary/aromatic N) is 2. The van der Waals surface area contributed by atoms with Crippen LogP contribution in [-0.4, -0.2) is 45.2 Å². The predicted molar refractivity (Wildman–Crippen MR) is 82.4 cm³/mol. The van der Waals surface area contributed by atoms with Crippen molar-refractivity contribution in [2.75, 3.05) is 18.1 Å². The maximum atomic E-state index is 12.8. The van der Waals surface area contributed by atoms with Crippen molar-refractivity contribution >= 4 is 19.9 Å². The van der Waals surface area contributed by atoms with Crippen LogP contribution in [0.25, 0.3) is 0 Å². The first-order valence-electron chi connectivity index (χ1n) is 7.02. The molecule has 6 nitrogen and oxygen atoms in total. The molecule has 1 fully saturated rings. The lowest BCUT2D eigenvalue weighted by Crippen LogP contribution is -2.41. The number of benzene rings is 1. The largest absolute Gasteiger partial charge is 0.243 e. The smallest absolute Gasteiger partial charge is 0.229 e. The van der Waals surface area contributed by atoms with E-state index in [-0.39, 0.29) is 28.5 Å². The molecule has 1 heterocycles. The van der Waals surface area contributed by atoms with Gasteiger partial charge < -0.3 is 0 Å². The molecule has 0 unspecified atom stereocenters. The van der Waals surface area contributed by atoms with E-state index in [0.717, 1.165) is 0 Å². The van der Waals surface area contributed by atoms with Gasteiger partial charge in [-0.2, -0.15) is 9.57 Å². The molecule has 2 rings (SSSR count). The fourth-order valence-corrected chi connectivity index (χ4v) is 6.20. The van der Waals surface area contributed by atoms with Crippen molar-refractivity contribution in [1.29, 1.82) is 5.26 Å². The number of sulfonamides is 1. The zero-order valence-corrected chi connectivity index (χ0v) is 13.9. The predicted octanol–water partition coefficient (Wildman–Crippen LogP) is 1.15. The molecule has 1 saturated heterocycles. The highest BCUT2D eigenvalue weighted by Gasteiger charge is 2.38. The number of hydrogen-bond acceptors (Lipinski definition) is 5. The van der Waals surface area contributed by atoms with Gasteiger partial charge in [0.2, 0.25) is 10.0 Å². The molecule has 0 amide bonds. The number of nitriles is 1. The van der Waals surface area contributed by atoms with Crippen molar-refractivity contribution in [3.05, 3.63) is 29.8 Å². The van der Waals surface area contributed by atoms with Crippen molar-refractivity contribution in [2.45, 2.75) is 30.7 Å². The Kier molecular flexibility index (Phi) is 4.90. The fraction of sp³-hybridized carbons (Fsp3) is 0.500. The average molecular weight is 342 g/mol. The summed E-state index contributed by atoms with van der Waals surface area (Å²) in [5, 5.41) is 8.91. The van der Waals surface area contributed by atoms with Crippen molar-refractivity contribution in [3.8, 4) is 6.07 Å². The summed E-state index contributed by atoms with van der Waals surface area (Å²) in [4.78, 5) is 0.0318. The molecule has 1 aliphatic heterocycles. The lowest BCUT2D eigenvalue weighted by Gasteiger charge is -2.27. The molecule has 1 aromatic carbocycles. The highest BCUT2D eigenvalue weighted by molar-refractivity contribution is 7.92. The lowest BCUT2D eigenvalue weighted by atomic mass is 10.2. The highest BCUT2D eigenvalue weighted by Crippen LogP contribution is 2.25. The van der Waals surface area contributed by atoms with E-state index in [1.54, 1.807) is 0 Å². The normalized spacial score (nSPS) is 20.9. The Bertz CT molecular complexity index is 794. The first-order valence-corrected chi connectivity index (χ1v) is 10.3. The van der Waals surface area contributed by atoms with Gasteiger partial charge in [0.15, 0.2) is 9.84 Å². The van der Waals surface area contributed by atoms with Gasteiger partial charge in [0, 0.05) is 12.6 Å². The maximum absolute atomic E-state index is 12.8. The van der Waals surface area contributed by atoms with E-state index >= 15 is 0 Å². The third-order valence-electron chi connectivity index (χ3n) is 3.63. The standard InChI is InChI=1S/C14H18N2O4S2/c1-2-7-16(13-6-8-21(17,18)11-13)22(19,20)14-5-3-4-12(9-14)10-15/h3-5,9,13H,2,6-8,11H2,1H3/t13-/m0/s1. The van der Waals surface area contributed by atoms with E-state index in [2.05, 4.69) is 0 Å². The molecule has 0 N–H and O–H groups in total. The molecule has 0 spiro atoms. The van der Waals surface area contributed by atoms with Crippen LogP contribution in [0.5, 0.6) is 0 Å². The lowest BCUT2D eigenvalue weighted by molar-refractivity contribution is 0.340. The molecule has 0 saturated carbocycles. The Balaban J connectivity index is 2.40. The van der Waals surface area contributed by atoms with Crippen LogP contribution in [0.2, 0.25) is 0 Å². The van der Waals surface area contributed by atoms with Crippen LogP contribution in [0.3, 0.4) is 0 Å². The van der Waals surface area contributed by atoms with Crippen molar-refractivity contribution in [1.82, 2.24) is 4.31 Å². The van der Waals surface area contributed by atoms with Gasteiger partial charge in [-0.25, -0.2) is 16.8 Å². The monoisotopic (exact) mass is 342 g/mol. The summed E-state index contributed by atoms with van der Waals surface area (Å²) < 4.78 is 50.2. The Morgan fingerprint density at radius 2 is 2.14 bits per heavy atom. The van der Waals surface area contributed by atoms with Crippen LogP contribution >= 0.6 is 0 Å². The third-order valence-corrected chi connectivity index (χ3v) is 7.33. The quantitative estimate of drug-likeness (QED) is 0.800. The molecule has 1 aliphatic rings. The molecule has 22 heavy (non-hydrogen) atoms. The van der Waals surface area contributed by atoms with E-state index in [0.29, 0.717) is 12.8 Å². The van der Waals surface area contributed by atoms with Crippen molar-refractivity contribution in [2.24, 2.45) is 0 Å². The molecule has 0 aromatic heterocycles. The van der Waals surface area contributed by atoms with Gasteiger partial charge in [-0.05, 0) is 31.0 Å². The minimum absolute atomic E-state index is 0.0195. The molecule has 1 aromatic rings. The molecule has 120 valence electrons. The average Bonchev–Trinajstić information content (AvgIpc) is 2.84. The molecule has 1 atom stereocenters. The van der Waals surface area contributed by atoms with Crippen LogP contribution in [0, 0.1) is 11.3 Å². The molecular formula is C14H18N2O4S2. The Morgan fingerprint density at radius 3 is 2.68 bits per heavy atom. The van der Waals surface area contributed by atoms with Crippen molar-refractivity contribution < 1.29 is 16.8 Å². The van der Waals surface area contributed by atoms with Crippen LogP contribution < -0.4 is 0 Å². The second kappa shape index (κ2) is 6.36. The van der Waals surface area contributed by atoms with E-state index in [9.17, 15) is 16.8 Å². The second-order valence-corrected chi connectivity index (χ2v) is 9.43. The van der Waals surface area contributed by atoms with Gasteiger partial charge in [-0.15, -0.1) is 0 Å². The van der Waals surface area contributed by atoms with Gasteiger partial charge in [-0.1, -0.05) is 13.0 Å². The van der Waals surface area contributed by atoms with Crippen LogP contribution in [-0.2, 0) is 19.9 Å². The van der Waals surface area contributed by atoms with Gasteiger partial charge in [0.25, 0.3) is 0 Å². The molecular weight excluding hydrogens is 324 g/mol. The zero-order chi connectivity index (χ0) is 16.4. The van der Waals surface area contributed by atoms with Gasteiger partial charge in [0.1, 0.15) is 0 Å². The summed E-state index contributed by atoms with van der Waals surface area (Å²) in [5.41, 5.74) is 0.261. The van der Waals surface area contributed by atoms with E-state index in [1.165, 1.54) is 28.6 Å². The zero-order valence-electron chi connectivity index (χ0n) is 12.3. The minimum atomic E-state index is -3.81. The Hall–Kier alpha value is -1.43. The molecule has 0 bridgehead atoms. The van der Waals surface area contributed by atoms with Gasteiger partial charge >= 0.3 is 0 Å². The van der Waals surface area contributed by atoms with Crippen LogP contribution in [0.15, 0.2) is 29.2 Å². The van der Waals surface area contributed by atoms with Crippen LogP contribution in [0.1, 0.15) is 25.3 Å². The number of hydrogen-bond donors (Lipinski definition) is 0. The third kappa shape index (κ3) is 3.48. The summed E-state index contributed by atoms with van der Waals surface area (Å²) >= 11 is 0. The van der Waals surface area contributed by atoms with E-state index in [1.807, 2.05) is 13.0 Å². The first kappa shape index (κ1) is 16.9. The summed E-state index contributed by atoms with van der Waals surface area (Å²) in [7, 11) is -6.98. The summed E-state index contributed by atoms with van der Waals surface area (Å²) in [6.45, 7) is 2.11. The van der Waals surface area contributed by atoms with Crippen LogP contribution in [0.4, 0.5) is 0 Å². The van der Waals surface area contributed by atoms with E-state index in [4.69, 9.17) is 5.26 Å². The summed E-state index contributed by atoms with van der Waals surface area (Å²) in [5.74, 6) is -0.115. The Labute approximate surface area is 131 Å². The molecule has 0 aliphatic carbocycles. The number of rotatable bonds is 5. The Morgan fingerprint density at radius 1 is 1.41 bits per heavy atom. The van der Waals surface area contributed by atoms with Crippen molar-refractivity contribution in [3.63, 3.8) is 0 Å². The first-order chi connectivity index (χ1) is 10.3. The molecule has 8 heteroatoms. The molecule has 0 radical (unpaired) electrons. The highest BCUT2D eigenvalue weighted by atomic mass is 32.2. The summed E-state index contributed by atoms with van der Waals surface area (Å²) in [6, 6.07) is 7.19. The maximum Gasteiger partial charge on any atom is 0.243 e. The fourth-order valence-electron chi connectivity index (χ4n) is 2.58. The number of sulfone groups is 1. The van der Waals surface area contributed by atoms with Gasteiger partial charge in [0.05, 0.1) is 28.0 Å². The van der Waals surface area contributed by atoms with Gasteiger partial charge in [-0.3, -0.25) is 0 Å². The minimum Gasteiger partial charge on any atom is -0.229 e. The SMILES string of the molecule is CCCN([C@H]1CCS(=O)(=O)C1)S(=O)(=O)c1cccc(C#N)c1. The topological polar surface area (TPSA) is 95.3 Å². The second-order valence-electron chi connectivity index (χ2n) is 5.31. The summed E-state index contributed by atoms with van der Waals surface area (Å²) in [6.07, 6.45) is 0.910. The van der Waals surface area contributed by atoms with E-state index < -0.39 is 25.9 Å².